The van der Waals surface area contributed by atoms with E-state index >= 15 is 0 Å². The second-order valence-electron chi connectivity index (χ2n) is 3.46. The Morgan fingerprint density at radius 2 is 2.07 bits per heavy atom. The van der Waals surface area contributed by atoms with Gasteiger partial charge in [0.25, 0.3) is 0 Å². The van der Waals surface area contributed by atoms with Gasteiger partial charge in [-0.05, 0) is 29.7 Å². The lowest BCUT2D eigenvalue weighted by molar-refractivity contribution is 0.601. The third kappa shape index (κ3) is 2.80. The Morgan fingerprint density at radius 3 is 2.73 bits per heavy atom. The molecule has 0 atom stereocenters. The predicted octanol–water partition coefficient (Wildman–Crippen LogP) is 3.21. The van der Waals surface area contributed by atoms with Crippen LogP contribution in [-0.4, -0.2) is 14.7 Å². The van der Waals surface area contributed by atoms with Crippen LogP contribution in [-0.2, 0) is 15.6 Å². The van der Waals surface area contributed by atoms with Crippen LogP contribution in [0.3, 0.4) is 0 Å². The lowest BCUT2D eigenvalue weighted by Crippen LogP contribution is -1.98. The van der Waals surface area contributed by atoms with Crippen molar-refractivity contribution in [2.45, 2.75) is 5.75 Å². The minimum absolute atomic E-state index is 0.129. The number of fused-ring (bicyclic) bond motifs is 1. The number of halogens is 1. The van der Waals surface area contributed by atoms with E-state index in [0.717, 1.165) is 19.4 Å². The van der Waals surface area contributed by atoms with E-state index in [-0.39, 0.29) is 5.75 Å². The molecule has 1 heterocycles. The van der Waals surface area contributed by atoms with Gasteiger partial charge in [0.05, 0.1) is 5.75 Å². The highest BCUT2D eigenvalue weighted by molar-refractivity contribution is 9.10. The van der Waals surface area contributed by atoms with Gasteiger partial charge in [0, 0.05) is 20.3 Å². The first-order valence-electron chi connectivity index (χ1n) is 4.30. The van der Waals surface area contributed by atoms with Crippen LogP contribution in [0.15, 0.2) is 28.7 Å². The number of thiophene rings is 1. The minimum Gasteiger partial charge on any atom is -0.229 e. The maximum absolute atomic E-state index is 11.1. The normalized spacial score (nSPS) is 12.1. The number of rotatable bonds is 2. The standard InChI is InChI=1S/C10H9BrO2S2/c1-15(12,13)6-9-5-7-4-8(11)2-3-10(7)14-9/h2-5H,6H2,1H3. The molecule has 0 bridgehead atoms. The molecule has 5 heteroatoms. The van der Waals surface area contributed by atoms with Crippen LogP contribution in [0.25, 0.3) is 10.1 Å². The van der Waals surface area contributed by atoms with Crippen molar-refractivity contribution in [1.29, 1.82) is 0 Å². The van der Waals surface area contributed by atoms with Crippen LogP contribution in [0.2, 0.25) is 0 Å². The molecule has 0 fully saturated rings. The zero-order valence-electron chi connectivity index (χ0n) is 8.03. The van der Waals surface area contributed by atoms with Crippen molar-refractivity contribution < 1.29 is 8.42 Å². The SMILES string of the molecule is CS(=O)(=O)Cc1cc2cc(Br)ccc2s1. The Hall–Kier alpha value is -0.390. The topological polar surface area (TPSA) is 34.1 Å². The molecule has 0 saturated heterocycles. The highest BCUT2D eigenvalue weighted by Crippen LogP contribution is 2.29. The lowest BCUT2D eigenvalue weighted by atomic mass is 10.2. The van der Waals surface area contributed by atoms with Crippen molar-refractivity contribution in [2.75, 3.05) is 6.26 Å². The van der Waals surface area contributed by atoms with Gasteiger partial charge >= 0.3 is 0 Å². The first-order chi connectivity index (χ1) is 6.94. The smallest absolute Gasteiger partial charge is 0.152 e. The van der Waals surface area contributed by atoms with Gasteiger partial charge in [-0.25, -0.2) is 8.42 Å². The summed E-state index contributed by atoms with van der Waals surface area (Å²) in [7, 11) is -2.94. The van der Waals surface area contributed by atoms with Gasteiger partial charge in [0.1, 0.15) is 0 Å². The molecule has 15 heavy (non-hydrogen) atoms. The van der Waals surface area contributed by atoms with Crippen LogP contribution in [0.5, 0.6) is 0 Å². The summed E-state index contributed by atoms with van der Waals surface area (Å²) in [5.41, 5.74) is 0. The van der Waals surface area contributed by atoms with E-state index in [0.29, 0.717) is 0 Å². The van der Waals surface area contributed by atoms with Gasteiger partial charge in [0.2, 0.25) is 0 Å². The maximum Gasteiger partial charge on any atom is 0.152 e. The van der Waals surface area contributed by atoms with Gasteiger partial charge in [0.15, 0.2) is 9.84 Å². The Kier molecular flexibility index (Phi) is 2.87. The maximum atomic E-state index is 11.1. The zero-order chi connectivity index (χ0) is 11.1. The fraction of sp³-hybridized carbons (Fsp3) is 0.200. The van der Waals surface area contributed by atoms with Gasteiger partial charge < -0.3 is 0 Å². The molecule has 0 amide bonds. The van der Waals surface area contributed by atoms with E-state index in [2.05, 4.69) is 15.9 Å². The third-order valence-corrected chi connectivity index (χ3v) is 4.56. The van der Waals surface area contributed by atoms with Gasteiger partial charge in [-0.15, -0.1) is 11.3 Å². The summed E-state index contributed by atoms with van der Waals surface area (Å²) in [6.07, 6.45) is 1.26. The lowest BCUT2D eigenvalue weighted by Gasteiger charge is -1.91. The minimum atomic E-state index is -2.94. The van der Waals surface area contributed by atoms with E-state index in [1.165, 1.54) is 17.6 Å². The van der Waals surface area contributed by atoms with E-state index in [4.69, 9.17) is 0 Å². The molecule has 0 spiro atoms. The monoisotopic (exact) mass is 304 g/mol. The van der Waals surface area contributed by atoms with Crippen molar-refractivity contribution in [3.05, 3.63) is 33.6 Å². The molecule has 2 nitrogen and oxygen atoms in total. The number of hydrogen-bond acceptors (Lipinski definition) is 3. The van der Waals surface area contributed by atoms with E-state index in [1.807, 2.05) is 24.3 Å². The van der Waals surface area contributed by atoms with Crippen molar-refractivity contribution in [1.82, 2.24) is 0 Å². The zero-order valence-corrected chi connectivity index (χ0v) is 11.2. The van der Waals surface area contributed by atoms with Gasteiger partial charge in [-0.2, -0.15) is 0 Å². The molecular weight excluding hydrogens is 296 g/mol. The Morgan fingerprint density at radius 1 is 1.33 bits per heavy atom. The van der Waals surface area contributed by atoms with Gasteiger partial charge in [-0.3, -0.25) is 0 Å². The number of benzene rings is 1. The average Bonchev–Trinajstić information content (AvgIpc) is 2.42. The second kappa shape index (κ2) is 3.88. The van der Waals surface area contributed by atoms with Crippen molar-refractivity contribution in [3.8, 4) is 0 Å². The number of sulfone groups is 1. The summed E-state index contributed by atoms with van der Waals surface area (Å²) in [6.45, 7) is 0. The third-order valence-electron chi connectivity index (χ3n) is 1.93. The van der Waals surface area contributed by atoms with Crippen molar-refractivity contribution in [2.24, 2.45) is 0 Å². The van der Waals surface area contributed by atoms with E-state index in [1.54, 1.807) is 0 Å². The van der Waals surface area contributed by atoms with Crippen molar-refractivity contribution in [3.63, 3.8) is 0 Å². The van der Waals surface area contributed by atoms with Crippen LogP contribution in [0.4, 0.5) is 0 Å². The fourth-order valence-corrected chi connectivity index (χ4v) is 4.10. The molecule has 80 valence electrons. The average molecular weight is 305 g/mol. The molecule has 2 aromatic rings. The summed E-state index contributed by atoms with van der Waals surface area (Å²) < 4.78 is 24.4. The summed E-state index contributed by atoms with van der Waals surface area (Å²) in [6, 6.07) is 7.89. The summed E-state index contributed by atoms with van der Waals surface area (Å²) in [4.78, 5) is 0.894. The Balaban J connectivity index is 2.48. The van der Waals surface area contributed by atoms with Crippen molar-refractivity contribution >= 4 is 47.2 Å². The quantitative estimate of drug-likeness (QED) is 0.854. The second-order valence-corrected chi connectivity index (χ2v) is 7.69. The summed E-state index contributed by atoms with van der Waals surface area (Å²) in [5.74, 6) is 0.129. The van der Waals surface area contributed by atoms with E-state index in [9.17, 15) is 8.42 Å². The molecule has 1 aromatic carbocycles. The molecule has 0 aliphatic carbocycles. The molecular formula is C10H9BrO2S2. The molecule has 0 radical (unpaired) electrons. The molecule has 0 aliphatic heterocycles. The summed E-state index contributed by atoms with van der Waals surface area (Å²) in [5, 5.41) is 1.09. The predicted molar refractivity (Wildman–Crippen MR) is 68.1 cm³/mol. The van der Waals surface area contributed by atoms with Crippen LogP contribution in [0, 0.1) is 0 Å². The molecule has 2 rings (SSSR count). The summed E-state index contributed by atoms with van der Waals surface area (Å²) >= 11 is 4.92. The highest BCUT2D eigenvalue weighted by atomic mass is 79.9. The molecule has 0 unspecified atom stereocenters. The first kappa shape index (κ1) is 11.1. The first-order valence-corrected chi connectivity index (χ1v) is 7.97. The molecule has 0 aliphatic rings. The molecule has 0 saturated carbocycles. The van der Waals surface area contributed by atoms with Crippen LogP contribution >= 0.6 is 27.3 Å². The molecule has 0 N–H and O–H groups in total. The van der Waals surface area contributed by atoms with Crippen LogP contribution in [0.1, 0.15) is 4.88 Å². The fourth-order valence-electron chi connectivity index (χ4n) is 1.40. The van der Waals surface area contributed by atoms with Gasteiger partial charge in [-0.1, -0.05) is 15.9 Å². The molecule has 1 aromatic heterocycles. The Bertz CT molecular complexity index is 599. The number of hydrogen-bond donors (Lipinski definition) is 0. The van der Waals surface area contributed by atoms with E-state index < -0.39 is 9.84 Å². The Labute approximate surface area is 101 Å². The highest BCUT2D eigenvalue weighted by Gasteiger charge is 2.08. The van der Waals surface area contributed by atoms with Crippen LogP contribution < -0.4 is 0 Å². The largest absolute Gasteiger partial charge is 0.229 e.